The third-order valence-electron chi connectivity index (χ3n) is 3.65. The van der Waals surface area contributed by atoms with Crippen LogP contribution in [-0.2, 0) is 20.4 Å². The summed E-state index contributed by atoms with van der Waals surface area (Å²) in [5.74, 6) is -1.18. The van der Waals surface area contributed by atoms with Gasteiger partial charge in [-0.15, -0.1) is 0 Å². The summed E-state index contributed by atoms with van der Waals surface area (Å²) in [4.78, 5) is 5.88. The molecule has 25 heavy (non-hydrogen) atoms. The molecule has 2 N–H and O–H groups in total. The molecule has 6 nitrogen and oxygen atoms in total. The molecule has 2 saturated heterocycles. The number of rotatable bonds is 2. The van der Waals surface area contributed by atoms with E-state index in [1.807, 2.05) is 13.8 Å². The van der Waals surface area contributed by atoms with Gasteiger partial charge >= 0.3 is 6.18 Å². The van der Waals surface area contributed by atoms with E-state index >= 15 is 0 Å². The number of hydrogen-bond donors (Lipinski definition) is 1. The zero-order valence-electron chi connectivity index (χ0n) is 13.8. The molecular weight excluding hydrogens is 348 g/mol. The van der Waals surface area contributed by atoms with E-state index in [-0.39, 0.29) is 18.3 Å². The van der Waals surface area contributed by atoms with Crippen molar-refractivity contribution in [2.45, 2.75) is 50.5 Å². The Hall–Kier alpha value is -1.49. The maximum Gasteiger partial charge on any atom is 0.433 e. The lowest BCUT2D eigenvalue weighted by Crippen LogP contribution is -2.46. The lowest BCUT2D eigenvalue weighted by Gasteiger charge is -2.30. The van der Waals surface area contributed by atoms with E-state index in [1.54, 1.807) is 0 Å². The Labute approximate surface area is 142 Å². The molecule has 0 saturated carbocycles. The molecule has 0 aromatic carbocycles. The first kappa shape index (κ1) is 19.8. The van der Waals surface area contributed by atoms with Gasteiger partial charge in [-0.1, -0.05) is 6.07 Å². The van der Waals surface area contributed by atoms with Crippen molar-refractivity contribution >= 4 is 0 Å². The highest BCUT2D eigenvalue weighted by Crippen LogP contribution is 2.34. The fourth-order valence-electron chi connectivity index (χ4n) is 2.65. The Balaban J connectivity index is 0.000000181. The third kappa shape index (κ3) is 5.24. The average molecular weight is 368 g/mol. The molecule has 0 spiro atoms. The van der Waals surface area contributed by atoms with Crippen molar-refractivity contribution in [1.82, 2.24) is 4.98 Å². The summed E-state index contributed by atoms with van der Waals surface area (Å²) in [6, 6.07) is 2.71. The summed E-state index contributed by atoms with van der Waals surface area (Å²) in [6.45, 7) is 5.08. The lowest BCUT2D eigenvalue weighted by molar-refractivity contribution is -0.152. The number of aromatic nitrogens is 1. The Morgan fingerprint density at radius 3 is 2.64 bits per heavy atom. The van der Waals surface area contributed by atoms with Crippen molar-refractivity contribution in [3.8, 4) is 5.88 Å². The van der Waals surface area contributed by atoms with Gasteiger partial charge in [0.2, 0.25) is 0 Å². The number of hydrogen-bond acceptors (Lipinski definition) is 6. The second kappa shape index (κ2) is 7.81. The van der Waals surface area contributed by atoms with Crippen LogP contribution in [0.15, 0.2) is 18.2 Å². The second-order valence-corrected chi connectivity index (χ2v) is 6.01. The van der Waals surface area contributed by atoms with Gasteiger partial charge in [0.15, 0.2) is 5.79 Å². The molecule has 142 valence electrons. The first-order valence-electron chi connectivity index (χ1n) is 7.66. The largest absolute Gasteiger partial charge is 0.433 e. The van der Waals surface area contributed by atoms with E-state index in [0.29, 0.717) is 6.54 Å². The van der Waals surface area contributed by atoms with Gasteiger partial charge in [0.05, 0.1) is 12.2 Å². The molecule has 0 aliphatic carbocycles. The summed E-state index contributed by atoms with van der Waals surface area (Å²) in [5.41, 5.74) is 4.40. The number of alkyl halides is 3. The van der Waals surface area contributed by atoms with Gasteiger partial charge in [-0.05, 0) is 26.3 Å². The number of nitrogens with two attached hydrogens (primary N) is 1. The molecule has 3 unspecified atom stereocenters. The molecule has 3 heterocycles. The maximum absolute atomic E-state index is 11.9. The topological polar surface area (TPSA) is 75.8 Å². The van der Waals surface area contributed by atoms with Gasteiger partial charge in [0.1, 0.15) is 11.8 Å². The highest BCUT2D eigenvalue weighted by molar-refractivity contribution is 5.17. The van der Waals surface area contributed by atoms with Crippen LogP contribution in [-0.4, -0.2) is 42.2 Å². The van der Waals surface area contributed by atoms with Crippen LogP contribution in [0.25, 0.3) is 0 Å². The lowest BCUT2D eigenvalue weighted by atomic mass is 10.0. The second-order valence-electron chi connectivity index (χ2n) is 6.01. The van der Waals surface area contributed by atoms with Gasteiger partial charge in [-0.25, -0.2) is 4.98 Å². The SMILES string of the molecule is CC1(C)OC2CCOC(CN)C2O1.FOc1cccc(C(F)(F)F)n1. The summed E-state index contributed by atoms with van der Waals surface area (Å²) >= 11 is 0. The van der Waals surface area contributed by atoms with Gasteiger partial charge < -0.3 is 19.9 Å². The summed E-state index contributed by atoms with van der Waals surface area (Å²) in [6.07, 6.45) is -3.48. The standard InChI is InChI=1S/C9H17NO3.C6H3F4NO/c1-9(2)12-6-3-4-11-7(5-10)8(6)13-9;7-6(8,9)4-2-1-3-5(11-4)12-10/h6-8H,3-5,10H2,1-2H3;1-3H. The quantitative estimate of drug-likeness (QED) is 0.809. The smallest absolute Gasteiger partial charge is 0.374 e. The van der Waals surface area contributed by atoms with E-state index in [1.165, 1.54) is 0 Å². The van der Waals surface area contributed by atoms with Crippen LogP contribution in [0.2, 0.25) is 0 Å². The van der Waals surface area contributed by atoms with Crippen LogP contribution in [0.1, 0.15) is 26.0 Å². The molecule has 0 radical (unpaired) electrons. The molecule has 2 fully saturated rings. The molecule has 1 aromatic heterocycles. The highest BCUT2D eigenvalue weighted by Gasteiger charge is 2.47. The number of ether oxygens (including phenoxy) is 3. The average Bonchev–Trinajstić information content (AvgIpc) is 2.88. The number of pyridine rings is 1. The zero-order chi connectivity index (χ0) is 18.7. The molecular formula is C15H20F4N2O4. The first-order valence-corrected chi connectivity index (χ1v) is 7.66. The fourth-order valence-corrected chi connectivity index (χ4v) is 2.65. The predicted octanol–water partition coefficient (Wildman–Crippen LogP) is 2.62. The molecule has 3 rings (SSSR count). The number of nitrogens with zero attached hydrogens (tertiary/aromatic N) is 1. The van der Waals surface area contributed by atoms with Crippen molar-refractivity contribution in [3.63, 3.8) is 0 Å². The summed E-state index contributed by atoms with van der Waals surface area (Å²) in [7, 11) is 0. The normalized spacial score (nSPS) is 27.9. The van der Waals surface area contributed by atoms with Crippen LogP contribution in [0.5, 0.6) is 5.88 Å². The van der Waals surface area contributed by atoms with Crippen molar-refractivity contribution in [1.29, 1.82) is 0 Å². The van der Waals surface area contributed by atoms with Gasteiger partial charge in [-0.2, -0.15) is 13.2 Å². The van der Waals surface area contributed by atoms with Crippen LogP contribution >= 0.6 is 0 Å². The van der Waals surface area contributed by atoms with Crippen LogP contribution in [0.4, 0.5) is 17.7 Å². The Kier molecular flexibility index (Phi) is 6.20. The third-order valence-corrected chi connectivity index (χ3v) is 3.65. The molecule has 0 amide bonds. The van der Waals surface area contributed by atoms with Crippen molar-refractivity contribution in [2.24, 2.45) is 5.73 Å². The van der Waals surface area contributed by atoms with Gasteiger partial charge in [0.25, 0.3) is 5.88 Å². The van der Waals surface area contributed by atoms with Crippen LogP contribution < -0.4 is 10.7 Å². The van der Waals surface area contributed by atoms with Crippen LogP contribution in [0, 0.1) is 0 Å². The Bertz CT molecular complexity index is 571. The predicted molar refractivity (Wildman–Crippen MR) is 78.2 cm³/mol. The molecule has 10 heteroatoms. The van der Waals surface area contributed by atoms with Crippen molar-refractivity contribution < 1.29 is 36.8 Å². The molecule has 2 aliphatic rings. The minimum absolute atomic E-state index is 0.000486. The van der Waals surface area contributed by atoms with Crippen molar-refractivity contribution in [3.05, 3.63) is 23.9 Å². The molecule has 2 aliphatic heterocycles. The Morgan fingerprint density at radius 2 is 2.04 bits per heavy atom. The zero-order valence-corrected chi connectivity index (χ0v) is 13.8. The van der Waals surface area contributed by atoms with E-state index in [2.05, 4.69) is 9.93 Å². The number of halogens is 4. The minimum Gasteiger partial charge on any atom is -0.374 e. The Morgan fingerprint density at radius 1 is 1.32 bits per heavy atom. The molecule has 1 aromatic rings. The fraction of sp³-hybridized carbons (Fsp3) is 0.667. The van der Waals surface area contributed by atoms with Crippen LogP contribution in [0.3, 0.4) is 0 Å². The van der Waals surface area contributed by atoms with E-state index in [9.17, 15) is 17.7 Å². The highest BCUT2D eigenvalue weighted by atomic mass is 19.4. The molecule has 0 bridgehead atoms. The summed E-state index contributed by atoms with van der Waals surface area (Å²) < 4.78 is 63.9. The summed E-state index contributed by atoms with van der Waals surface area (Å²) in [5, 5.41) is 0. The van der Waals surface area contributed by atoms with E-state index in [0.717, 1.165) is 31.2 Å². The van der Waals surface area contributed by atoms with Gasteiger partial charge in [-0.3, -0.25) is 4.94 Å². The first-order chi connectivity index (χ1) is 11.7. The number of fused-ring (bicyclic) bond motifs is 1. The van der Waals surface area contributed by atoms with E-state index in [4.69, 9.17) is 19.9 Å². The monoisotopic (exact) mass is 368 g/mol. The molecule has 3 atom stereocenters. The minimum atomic E-state index is -4.57. The van der Waals surface area contributed by atoms with Crippen molar-refractivity contribution in [2.75, 3.05) is 13.2 Å². The van der Waals surface area contributed by atoms with Gasteiger partial charge in [0, 0.05) is 23.7 Å². The maximum atomic E-state index is 11.9. The van der Waals surface area contributed by atoms with E-state index < -0.39 is 23.5 Å².